The molecule has 2 heterocycles. The molecule has 2 aliphatic rings. The Morgan fingerprint density at radius 1 is 1.05 bits per heavy atom. The Labute approximate surface area is 125 Å². The molecule has 0 unspecified atom stereocenters. The molecular weight excluding hydrogens is 266 g/mol. The predicted octanol–water partition coefficient (Wildman–Crippen LogP) is 0.959. The highest BCUT2D eigenvalue weighted by Crippen LogP contribution is 2.23. The number of carbonyl (C=O) groups is 1. The Hall–Kier alpha value is -1.59. The zero-order valence-corrected chi connectivity index (χ0v) is 12.4. The van der Waals surface area contributed by atoms with Crippen molar-refractivity contribution in [3.63, 3.8) is 0 Å². The van der Waals surface area contributed by atoms with Gasteiger partial charge in [0.15, 0.2) is 0 Å². The molecule has 2 aliphatic heterocycles. The SMILES string of the molecule is O=C(c1ccccc1N1CCOCC1)N1CCCNCC1. The highest BCUT2D eigenvalue weighted by molar-refractivity contribution is 5.99. The van der Waals surface area contributed by atoms with E-state index in [1.807, 2.05) is 23.1 Å². The van der Waals surface area contributed by atoms with Gasteiger partial charge in [-0.1, -0.05) is 12.1 Å². The second-order valence-corrected chi connectivity index (χ2v) is 5.51. The fraction of sp³-hybridized carbons (Fsp3) is 0.562. The standard InChI is InChI=1S/C16H23N3O2/c20-16(19-8-3-6-17-7-9-19)14-4-1-2-5-15(14)18-10-12-21-13-11-18/h1-2,4-5,17H,3,6-13H2. The van der Waals surface area contributed by atoms with Gasteiger partial charge in [0.1, 0.15) is 0 Å². The summed E-state index contributed by atoms with van der Waals surface area (Å²) in [5.74, 6) is 0.154. The molecule has 1 aromatic rings. The molecule has 2 fully saturated rings. The maximum atomic E-state index is 12.9. The first kappa shape index (κ1) is 14.4. The normalized spacial score (nSPS) is 20.2. The largest absolute Gasteiger partial charge is 0.378 e. The van der Waals surface area contributed by atoms with Crippen LogP contribution in [-0.2, 0) is 4.74 Å². The maximum absolute atomic E-state index is 12.9. The Morgan fingerprint density at radius 2 is 1.86 bits per heavy atom. The van der Waals surface area contributed by atoms with Crippen LogP contribution in [0.15, 0.2) is 24.3 Å². The third-order valence-corrected chi connectivity index (χ3v) is 4.11. The molecule has 0 saturated carbocycles. The second-order valence-electron chi connectivity index (χ2n) is 5.51. The van der Waals surface area contributed by atoms with Gasteiger partial charge < -0.3 is 19.9 Å². The topological polar surface area (TPSA) is 44.8 Å². The molecule has 114 valence electrons. The van der Waals surface area contributed by atoms with Crippen LogP contribution in [0, 0.1) is 0 Å². The number of hydrogen-bond donors (Lipinski definition) is 1. The monoisotopic (exact) mass is 289 g/mol. The second kappa shape index (κ2) is 6.91. The number of rotatable bonds is 2. The molecule has 1 amide bonds. The number of anilines is 1. The highest BCUT2D eigenvalue weighted by Gasteiger charge is 2.22. The maximum Gasteiger partial charge on any atom is 0.256 e. The lowest BCUT2D eigenvalue weighted by Gasteiger charge is -2.31. The summed E-state index contributed by atoms with van der Waals surface area (Å²) in [6, 6.07) is 7.96. The molecule has 3 rings (SSSR count). The van der Waals surface area contributed by atoms with E-state index in [9.17, 15) is 4.79 Å². The van der Waals surface area contributed by atoms with Crippen LogP contribution in [0.5, 0.6) is 0 Å². The van der Waals surface area contributed by atoms with Crippen molar-refractivity contribution in [2.45, 2.75) is 6.42 Å². The van der Waals surface area contributed by atoms with Crippen LogP contribution in [0.4, 0.5) is 5.69 Å². The lowest BCUT2D eigenvalue weighted by molar-refractivity contribution is 0.0765. The summed E-state index contributed by atoms with van der Waals surface area (Å²) >= 11 is 0. The average Bonchev–Trinajstić information content (AvgIpc) is 2.84. The van der Waals surface area contributed by atoms with Crippen molar-refractivity contribution in [1.29, 1.82) is 0 Å². The Kier molecular flexibility index (Phi) is 4.72. The van der Waals surface area contributed by atoms with Crippen LogP contribution in [0.1, 0.15) is 16.8 Å². The quantitative estimate of drug-likeness (QED) is 0.881. The predicted molar refractivity (Wildman–Crippen MR) is 82.9 cm³/mol. The number of hydrogen-bond acceptors (Lipinski definition) is 4. The molecule has 0 aliphatic carbocycles. The van der Waals surface area contributed by atoms with Gasteiger partial charge in [0.25, 0.3) is 5.91 Å². The lowest BCUT2D eigenvalue weighted by Crippen LogP contribution is -2.39. The summed E-state index contributed by atoms with van der Waals surface area (Å²) in [7, 11) is 0. The van der Waals surface area contributed by atoms with Crippen molar-refractivity contribution < 1.29 is 9.53 Å². The van der Waals surface area contributed by atoms with Crippen LogP contribution in [0.25, 0.3) is 0 Å². The van der Waals surface area contributed by atoms with Crippen LogP contribution < -0.4 is 10.2 Å². The summed E-state index contributed by atoms with van der Waals surface area (Å²) in [5, 5.41) is 3.34. The molecule has 0 radical (unpaired) electrons. The molecule has 2 saturated heterocycles. The minimum absolute atomic E-state index is 0.154. The molecule has 0 spiro atoms. The molecule has 1 aromatic carbocycles. The third kappa shape index (κ3) is 3.36. The number of ether oxygens (including phenoxy) is 1. The van der Waals surface area contributed by atoms with Gasteiger partial charge in [-0.2, -0.15) is 0 Å². The highest BCUT2D eigenvalue weighted by atomic mass is 16.5. The molecule has 5 nitrogen and oxygen atoms in total. The molecular formula is C16H23N3O2. The van der Waals surface area contributed by atoms with E-state index in [-0.39, 0.29) is 5.91 Å². The number of nitrogens with one attached hydrogen (secondary N) is 1. The zero-order valence-electron chi connectivity index (χ0n) is 12.4. The fourth-order valence-electron chi connectivity index (χ4n) is 2.95. The molecule has 0 atom stereocenters. The molecule has 21 heavy (non-hydrogen) atoms. The van der Waals surface area contributed by atoms with Gasteiger partial charge in [0.2, 0.25) is 0 Å². The number of benzene rings is 1. The smallest absolute Gasteiger partial charge is 0.256 e. The summed E-state index contributed by atoms with van der Waals surface area (Å²) < 4.78 is 5.41. The van der Waals surface area contributed by atoms with Gasteiger partial charge >= 0.3 is 0 Å². The van der Waals surface area contributed by atoms with E-state index in [0.717, 1.165) is 70.2 Å². The van der Waals surface area contributed by atoms with Gasteiger partial charge in [-0.15, -0.1) is 0 Å². The summed E-state index contributed by atoms with van der Waals surface area (Å²) in [6.07, 6.45) is 1.02. The minimum Gasteiger partial charge on any atom is -0.378 e. The van der Waals surface area contributed by atoms with E-state index in [0.29, 0.717) is 0 Å². The van der Waals surface area contributed by atoms with E-state index < -0.39 is 0 Å². The number of carbonyl (C=O) groups excluding carboxylic acids is 1. The van der Waals surface area contributed by atoms with E-state index in [1.165, 1.54) is 0 Å². The number of morpholine rings is 1. The number of nitrogens with zero attached hydrogens (tertiary/aromatic N) is 2. The van der Waals surface area contributed by atoms with Gasteiger partial charge in [0.05, 0.1) is 18.8 Å². The van der Waals surface area contributed by atoms with Crippen molar-refractivity contribution in [2.24, 2.45) is 0 Å². The summed E-state index contributed by atoms with van der Waals surface area (Å²) in [6.45, 7) is 6.67. The van der Waals surface area contributed by atoms with Crippen LogP contribution >= 0.6 is 0 Å². The van der Waals surface area contributed by atoms with Crippen molar-refractivity contribution in [3.05, 3.63) is 29.8 Å². The van der Waals surface area contributed by atoms with Gasteiger partial charge in [-0.25, -0.2) is 0 Å². The number of amides is 1. The minimum atomic E-state index is 0.154. The Bertz CT molecular complexity index is 478. The van der Waals surface area contributed by atoms with E-state index in [1.54, 1.807) is 0 Å². The van der Waals surface area contributed by atoms with Gasteiger partial charge in [-0.05, 0) is 25.1 Å². The molecule has 5 heteroatoms. The molecule has 1 N–H and O–H groups in total. The van der Waals surface area contributed by atoms with E-state index >= 15 is 0 Å². The first-order valence-electron chi connectivity index (χ1n) is 7.78. The van der Waals surface area contributed by atoms with Crippen LogP contribution in [0.2, 0.25) is 0 Å². The van der Waals surface area contributed by atoms with Crippen LogP contribution in [-0.4, -0.2) is 63.3 Å². The lowest BCUT2D eigenvalue weighted by atomic mass is 10.1. The number of para-hydroxylation sites is 1. The van der Waals surface area contributed by atoms with Gasteiger partial charge in [-0.3, -0.25) is 4.79 Å². The third-order valence-electron chi connectivity index (χ3n) is 4.11. The zero-order chi connectivity index (χ0) is 14.5. The van der Waals surface area contributed by atoms with Crippen LogP contribution in [0.3, 0.4) is 0 Å². The summed E-state index contributed by atoms with van der Waals surface area (Å²) in [4.78, 5) is 17.1. The average molecular weight is 289 g/mol. The van der Waals surface area contributed by atoms with Crippen molar-refractivity contribution >= 4 is 11.6 Å². The first-order chi connectivity index (χ1) is 10.4. The fourth-order valence-corrected chi connectivity index (χ4v) is 2.95. The Balaban J connectivity index is 1.81. The van der Waals surface area contributed by atoms with E-state index in [4.69, 9.17) is 4.74 Å². The van der Waals surface area contributed by atoms with E-state index in [2.05, 4.69) is 16.3 Å². The van der Waals surface area contributed by atoms with Gasteiger partial charge in [0, 0.05) is 38.4 Å². The van der Waals surface area contributed by atoms with Crippen molar-refractivity contribution in [3.8, 4) is 0 Å². The molecule has 0 bridgehead atoms. The van der Waals surface area contributed by atoms with Crippen molar-refractivity contribution in [2.75, 3.05) is 57.4 Å². The first-order valence-corrected chi connectivity index (χ1v) is 7.78. The Morgan fingerprint density at radius 3 is 2.71 bits per heavy atom. The van der Waals surface area contributed by atoms with Crippen molar-refractivity contribution in [1.82, 2.24) is 10.2 Å². The summed E-state index contributed by atoms with van der Waals surface area (Å²) in [5.41, 5.74) is 1.87. The molecule has 0 aromatic heterocycles.